The summed E-state index contributed by atoms with van der Waals surface area (Å²) in [4.78, 5) is 12.9. The van der Waals surface area contributed by atoms with Crippen molar-refractivity contribution in [3.8, 4) is 11.8 Å². The molecule has 3 atom stereocenters. The number of nitrogens with zero attached hydrogens (tertiary/aromatic N) is 1. The molecule has 0 aromatic heterocycles. The molecule has 0 heterocycles. The summed E-state index contributed by atoms with van der Waals surface area (Å²) in [7, 11) is -2.10. The zero-order chi connectivity index (χ0) is 26.3. The van der Waals surface area contributed by atoms with E-state index in [4.69, 9.17) is 10.00 Å². The maximum Gasteiger partial charge on any atom is 0.240 e. The lowest BCUT2D eigenvalue weighted by atomic mass is 9.70. The third-order valence-electron chi connectivity index (χ3n) is 6.97. The van der Waals surface area contributed by atoms with E-state index in [2.05, 4.69) is 36.0 Å². The topological polar surface area (TPSA) is 108 Å². The van der Waals surface area contributed by atoms with E-state index in [0.29, 0.717) is 36.7 Å². The molecule has 0 saturated heterocycles. The van der Waals surface area contributed by atoms with E-state index in [-0.39, 0.29) is 28.6 Å². The normalized spacial score (nSPS) is 19.9. The molecule has 0 saturated carbocycles. The van der Waals surface area contributed by atoms with Crippen LogP contribution >= 0.6 is 0 Å². The van der Waals surface area contributed by atoms with Crippen molar-refractivity contribution in [2.75, 3.05) is 13.7 Å². The Kier molecular flexibility index (Phi) is 9.30. The molecule has 0 fully saturated rings. The lowest BCUT2D eigenvalue weighted by Crippen LogP contribution is -2.37. The fourth-order valence-corrected chi connectivity index (χ4v) is 5.82. The molecule has 3 rings (SSSR count). The van der Waals surface area contributed by atoms with E-state index in [1.54, 1.807) is 24.3 Å². The van der Waals surface area contributed by atoms with Crippen LogP contribution in [0.15, 0.2) is 65.1 Å². The quantitative estimate of drug-likeness (QED) is 0.461. The largest absolute Gasteiger partial charge is 0.497 e. The Bertz CT molecular complexity index is 1210. The Hall–Kier alpha value is -3.15. The number of carbonyl (C=O) groups is 1. The number of carbonyl (C=O) groups excluding carboxylic acids is 1. The average Bonchev–Trinajstić information content (AvgIpc) is 2.87. The van der Waals surface area contributed by atoms with Crippen LogP contribution in [0.2, 0.25) is 0 Å². The van der Waals surface area contributed by atoms with Gasteiger partial charge in [-0.2, -0.15) is 5.26 Å². The minimum Gasteiger partial charge on any atom is -0.497 e. The van der Waals surface area contributed by atoms with E-state index in [1.165, 1.54) is 19.2 Å². The molecule has 1 aliphatic rings. The molecule has 192 valence electrons. The number of hydrogen-bond acceptors (Lipinski definition) is 5. The Morgan fingerprint density at radius 1 is 1.14 bits per heavy atom. The van der Waals surface area contributed by atoms with Crippen LogP contribution in [0.1, 0.15) is 44.7 Å². The van der Waals surface area contributed by atoms with Crippen LogP contribution in [-0.2, 0) is 21.4 Å². The van der Waals surface area contributed by atoms with E-state index < -0.39 is 10.0 Å². The highest BCUT2D eigenvalue weighted by Gasteiger charge is 2.33. The van der Waals surface area contributed by atoms with Crippen molar-refractivity contribution >= 4 is 15.9 Å². The van der Waals surface area contributed by atoms with Crippen molar-refractivity contribution in [3.05, 3.63) is 71.3 Å². The Balaban J connectivity index is 1.61. The van der Waals surface area contributed by atoms with Gasteiger partial charge in [-0.25, -0.2) is 13.1 Å². The molecular weight excluding hydrogens is 474 g/mol. The second-order valence-corrected chi connectivity index (χ2v) is 11.5. The van der Waals surface area contributed by atoms with Gasteiger partial charge in [-0.05, 0) is 79.0 Å². The van der Waals surface area contributed by atoms with Gasteiger partial charge >= 0.3 is 0 Å². The number of allylic oxidation sites excluding steroid dienone is 1. The number of methoxy groups -OCH3 is 1. The fraction of sp³-hybridized carbons (Fsp3) is 0.429. The van der Waals surface area contributed by atoms with Gasteiger partial charge < -0.3 is 10.1 Å². The maximum atomic E-state index is 12.8. The van der Waals surface area contributed by atoms with E-state index in [9.17, 15) is 13.2 Å². The molecule has 7 nitrogen and oxygen atoms in total. The highest BCUT2D eigenvalue weighted by atomic mass is 32.2. The van der Waals surface area contributed by atoms with Crippen LogP contribution in [0.4, 0.5) is 0 Å². The van der Waals surface area contributed by atoms with E-state index in [0.717, 1.165) is 17.6 Å². The van der Waals surface area contributed by atoms with Crippen molar-refractivity contribution < 1.29 is 17.9 Å². The van der Waals surface area contributed by atoms with Gasteiger partial charge in [-0.15, -0.1) is 0 Å². The monoisotopic (exact) mass is 509 g/mol. The van der Waals surface area contributed by atoms with Gasteiger partial charge in [0.05, 0.1) is 23.6 Å². The molecule has 0 radical (unpaired) electrons. The third-order valence-corrected chi connectivity index (χ3v) is 8.41. The summed E-state index contributed by atoms with van der Waals surface area (Å²) in [6.45, 7) is 7.05. The number of nitriles is 1. The van der Waals surface area contributed by atoms with Crippen molar-refractivity contribution in [3.63, 3.8) is 0 Å². The van der Waals surface area contributed by atoms with Crippen molar-refractivity contribution in [1.82, 2.24) is 10.0 Å². The number of hydrogen-bond donors (Lipinski definition) is 2. The first kappa shape index (κ1) is 27.4. The van der Waals surface area contributed by atoms with Gasteiger partial charge in [0.15, 0.2) is 0 Å². The van der Waals surface area contributed by atoms with Crippen LogP contribution in [0.5, 0.6) is 5.75 Å². The van der Waals surface area contributed by atoms with Gasteiger partial charge in [-0.3, -0.25) is 4.79 Å². The zero-order valence-corrected chi connectivity index (χ0v) is 22.1. The predicted molar refractivity (Wildman–Crippen MR) is 139 cm³/mol. The van der Waals surface area contributed by atoms with Crippen LogP contribution in [0, 0.1) is 35.0 Å². The van der Waals surface area contributed by atoms with Gasteiger partial charge in [0.2, 0.25) is 15.9 Å². The summed E-state index contributed by atoms with van der Waals surface area (Å²) in [5.74, 6) is 1.35. The van der Waals surface area contributed by atoms with Gasteiger partial charge in [-0.1, -0.05) is 37.6 Å². The second kappa shape index (κ2) is 12.2. The number of amides is 1. The maximum absolute atomic E-state index is 12.8. The number of sulfonamides is 1. The van der Waals surface area contributed by atoms with Gasteiger partial charge in [0, 0.05) is 19.5 Å². The number of ether oxygens (including phenoxy) is 1. The third kappa shape index (κ3) is 7.19. The summed E-state index contributed by atoms with van der Waals surface area (Å²) in [6, 6.07) is 15.6. The summed E-state index contributed by atoms with van der Waals surface area (Å²) in [5, 5.41) is 11.9. The summed E-state index contributed by atoms with van der Waals surface area (Å²) >= 11 is 0. The molecule has 1 aliphatic carbocycles. The highest BCUT2D eigenvalue weighted by Crippen LogP contribution is 2.39. The average molecular weight is 510 g/mol. The van der Waals surface area contributed by atoms with Crippen LogP contribution < -0.4 is 14.8 Å². The van der Waals surface area contributed by atoms with Gasteiger partial charge in [0.1, 0.15) is 5.75 Å². The van der Waals surface area contributed by atoms with Crippen molar-refractivity contribution in [1.29, 1.82) is 5.26 Å². The number of benzene rings is 2. The molecule has 1 amide bonds. The Morgan fingerprint density at radius 2 is 1.81 bits per heavy atom. The fourth-order valence-electron chi connectivity index (χ4n) is 4.75. The van der Waals surface area contributed by atoms with Crippen molar-refractivity contribution in [2.24, 2.45) is 23.7 Å². The number of rotatable bonds is 10. The molecule has 0 aliphatic heterocycles. The molecule has 2 aromatic rings. The smallest absolute Gasteiger partial charge is 0.240 e. The summed E-state index contributed by atoms with van der Waals surface area (Å²) < 4.78 is 33.5. The molecule has 0 bridgehead atoms. The van der Waals surface area contributed by atoms with E-state index in [1.807, 2.05) is 19.1 Å². The second-order valence-electron chi connectivity index (χ2n) is 9.73. The molecule has 2 N–H and O–H groups in total. The minimum absolute atomic E-state index is 0.0155. The minimum atomic E-state index is -3.64. The molecular formula is C28H35N3O4S. The summed E-state index contributed by atoms with van der Waals surface area (Å²) in [5.41, 5.74) is 2.66. The van der Waals surface area contributed by atoms with Crippen LogP contribution in [-0.4, -0.2) is 28.0 Å². The lowest BCUT2D eigenvalue weighted by molar-refractivity contribution is -0.122. The SMILES string of the molecule is COc1ccc(S(=O)(=O)NCC2C=C(C)C(CC(=O)NCc3ccc(C#N)cc3)CC2C(C)C)cc1. The summed E-state index contributed by atoms with van der Waals surface area (Å²) in [6.07, 6.45) is 3.37. The van der Waals surface area contributed by atoms with E-state index >= 15 is 0 Å². The number of nitrogens with one attached hydrogen (secondary N) is 2. The first-order chi connectivity index (χ1) is 17.1. The standard InChI is InChI=1S/C28H35N3O4S/c1-19(2)27-14-23(15-28(32)30-17-22-7-5-21(16-29)6-8-22)20(3)13-24(27)18-31-36(33,34)26-11-9-25(35-4)10-12-26/h5-13,19,23-24,27,31H,14-15,17-18H2,1-4H3,(H,30,32). The van der Waals surface area contributed by atoms with Crippen LogP contribution in [0.25, 0.3) is 0 Å². The first-order valence-corrected chi connectivity index (χ1v) is 13.7. The molecule has 3 unspecified atom stereocenters. The molecule has 0 spiro atoms. The first-order valence-electron chi connectivity index (χ1n) is 12.2. The van der Waals surface area contributed by atoms with Crippen molar-refractivity contribution in [2.45, 2.75) is 45.1 Å². The molecule has 36 heavy (non-hydrogen) atoms. The highest BCUT2D eigenvalue weighted by molar-refractivity contribution is 7.89. The Morgan fingerprint density at radius 3 is 2.39 bits per heavy atom. The molecule has 2 aromatic carbocycles. The van der Waals surface area contributed by atoms with Crippen LogP contribution in [0.3, 0.4) is 0 Å². The molecule has 8 heteroatoms. The lowest BCUT2D eigenvalue weighted by Gasteiger charge is -2.37. The zero-order valence-electron chi connectivity index (χ0n) is 21.3. The Labute approximate surface area is 214 Å². The van der Waals surface area contributed by atoms with Gasteiger partial charge in [0.25, 0.3) is 0 Å². The predicted octanol–water partition coefficient (Wildman–Crippen LogP) is 4.41.